The smallest absolute Gasteiger partial charge is 0.175 e. The first kappa shape index (κ1) is 20.1. The van der Waals surface area contributed by atoms with Crippen LogP contribution < -0.4 is 0 Å². The van der Waals surface area contributed by atoms with E-state index >= 15 is 0 Å². The fraction of sp³-hybridized carbons (Fsp3) is 0.160. The maximum absolute atomic E-state index is 11.9. The molecule has 0 fully saturated rings. The Hall–Kier alpha value is -3.18. The summed E-state index contributed by atoms with van der Waals surface area (Å²) < 4.78 is 25.8. The highest BCUT2D eigenvalue weighted by Gasteiger charge is 2.13. The fourth-order valence-electron chi connectivity index (χ4n) is 3.68. The second-order valence-electron chi connectivity index (χ2n) is 7.64. The summed E-state index contributed by atoms with van der Waals surface area (Å²) in [6.45, 7) is 4.79. The Morgan fingerprint density at radius 2 is 1.57 bits per heavy atom. The summed E-state index contributed by atoms with van der Waals surface area (Å²) in [5.41, 5.74) is 7.37. The normalized spacial score (nSPS) is 11.6. The largest absolute Gasteiger partial charge is 0.260 e. The average molecular weight is 417 g/mol. The summed E-state index contributed by atoms with van der Waals surface area (Å²) in [6.07, 6.45) is 1.23. The van der Waals surface area contributed by atoms with Crippen molar-refractivity contribution in [3.63, 3.8) is 0 Å². The van der Waals surface area contributed by atoms with Crippen molar-refractivity contribution in [2.24, 2.45) is 0 Å². The van der Waals surface area contributed by atoms with Crippen molar-refractivity contribution < 1.29 is 8.42 Å². The molecule has 5 heteroatoms. The molecule has 3 aromatic carbocycles. The van der Waals surface area contributed by atoms with E-state index in [4.69, 9.17) is 5.10 Å². The summed E-state index contributed by atoms with van der Waals surface area (Å²) in [5, 5.41) is 4.69. The highest BCUT2D eigenvalue weighted by Crippen LogP contribution is 2.30. The summed E-state index contributed by atoms with van der Waals surface area (Å²) in [4.78, 5) is 0.332. The molecule has 4 aromatic rings. The van der Waals surface area contributed by atoms with Crippen LogP contribution in [0.25, 0.3) is 22.4 Å². The SMILES string of the molecule is Cc1cc(-c2ccc(-c3cccc(S(C)(=O)=O)c3)cc2C)n(Cc2ccccc2)n1. The zero-order valence-corrected chi connectivity index (χ0v) is 18.1. The van der Waals surface area contributed by atoms with Gasteiger partial charge in [-0.05, 0) is 54.3 Å². The minimum atomic E-state index is -3.24. The molecule has 0 aliphatic carbocycles. The van der Waals surface area contributed by atoms with Crippen LogP contribution in [-0.2, 0) is 16.4 Å². The lowest BCUT2D eigenvalue weighted by Gasteiger charge is -2.12. The molecule has 0 aliphatic heterocycles. The standard InChI is InChI=1S/C25H24N2O2S/c1-18-14-22(21-10-7-11-23(16-21)30(3,28)29)12-13-24(18)25-15-19(2)26-27(25)17-20-8-5-4-6-9-20/h4-16H,17H2,1-3H3. The van der Waals surface area contributed by atoms with Gasteiger partial charge in [0, 0.05) is 11.8 Å². The zero-order chi connectivity index (χ0) is 21.3. The van der Waals surface area contributed by atoms with Crippen LogP contribution in [0.3, 0.4) is 0 Å². The molecule has 0 atom stereocenters. The molecule has 0 aliphatic rings. The Labute approximate surface area is 177 Å². The lowest BCUT2D eigenvalue weighted by atomic mass is 9.98. The van der Waals surface area contributed by atoms with E-state index in [1.165, 1.54) is 11.8 Å². The summed E-state index contributed by atoms with van der Waals surface area (Å²) in [7, 11) is -3.24. The van der Waals surface area contributed by atoms with Crippen molar-refractivity contribution >= 4 is 9.84 Å². The Kier molecular flexibility index (Phi) is 5.31. The molecule has 1 heterocycles. The molecule has 0 bridgehead atoms. The van der Waals surface area contributed by atoms with Gasteiger partial charge in [-0.1, -0.05) is 60.7 Å². The first-order valence-electron chi connectivity index (χ1n) is 9.81. The predicted molar refractivity (Wildman–Crippen MR) is 121 cm³/mol. The molecule has 0 unspecified atom stereocenters. The lowest BCUT2D eigenvalue weighted by molar-refractivity contribution is 0.602. The first-order chi connectivity index (χ1) is 14.3. The first-order valence-corrected chi connectivity index (χ1v) is 11.7. The molecule has 0 N–H and O–H groups in total. The van der Waals surface area contributed by atoms with Crippen LogP contribution in [-0.4, -0.2) is 24.5 Å². The van der Waals surface area contributed by atoms with Crippen LogP contribution in [0.4, 0.5) is 0 Å². The van der Waals surface area contributed by atoms with E-state index in [1.807, 2.05) is 41.9 Å². The second kappa shape index (κ2) is 7.92. The van der Waals surface area contributed by atoms with E-state index in [0.717, 1.165) is 33.6 Å². The van der Waals surface area contributed by atoms with Crippen LogP contribution in [0.5, 0.6) is 0 Å². The number of hydrogen-bond acceptors (Lipinski definition) is 3. The number of aromatic nitrogens is 2. The molecule has 0 spiro atoms. The minimum Gasteiger partial charge on any atom is -0.260 e. The monoisotopic (exact) mass is 416 g/mol. The van der Waals surface area contributed by atoms with Crippen molar-refractivity contribution in [2.45, 2.75) is 25.3 Å². The lowest BCUT2D eigenvalue weighted by Crippen LogP contribution is -2.04. The van der Waals surface area contributed by atoms with Crippen molar-refractivity contribution in [2.75, 3.05) is 6.26 Å². The molecule has 0 saturated heterocycles. The van der Waals surface area contributed by atoms with E-state index in [-0.39, 0.29) is 0 Å². The third-order valence-corrected chi connectivity index (χ3v) is 6.29. The van der Waals surface area contributed by atoms with Gasteiger partial charge in [0.25, 0.3) is 0 Å². The number of rotatable bonds is 5. The Balaban J connectivity index is 1.72. The van der Waals surface area contributed by atoms with E-state index in [2.05, 4.69) is 37.3 Å². The third kappa shape index (κ3) is 4.21. The van der Waals surface area contributed by atoms with Crippen molar-refractivity contribution in [3.05, 3.63) is 95.7 Å². The molecule has 1 aromatic heterocycles. The topological polar surface area (TPSA) is 52.0 Å². The number of nitrogens with zero attached hydrogens (tertiary/aromatic N) is 2. The molecule has 152 valence electrons. The van der Waals surface area contributed by atoms with Gasteiger partial charge in [-0.25, -0.2) is 8.42 Å². The molecule has 0 saturated carbocycles. The maximum Gasteiger partial charge on any atom is 0.175 e. The third-order valence-electron chi connectivity index (χ3n) is 5.18. The van der Waals surface area contributed by atoms with Gasteiger partial charge in [0.2, 0.25) is 0 Å². The minimum absolute atomic E-state index is 0.332. The van der Waals surface area contributed by atoms with Gasteiger partial charge in [-0.2, -0.15) is 5.10 Å². The Bertz CT molecular complexity index is 1310. The van der Waals surface area contributed by atoms with Gasteiger partial charge in [0.1, 0.15) is 0 Å². The zero-order valence-electron chi connectivity index (χ0n) is 17.3. The van der Waals surface area contributed by atoms with Gasteiger partial charge in [-0.15, -0.1) is 0 Å². The summed E-state index contributed by atoms with van der Waals surface area (Å²) >= 11 is 0. The summed E-state index contributed by atoms with van der Waals surface area (Å²) in [6, 6.07) is 25.7. The number of aryl methyl sites for hydroxylation is 2. The van der Waals surface area contributed by atoms with Crippen molar-refractivity contribution in [3.8, 4) is 22.4 Å². The van der Waals surface area contributed by atoms with E-state index in [9.17, 15) is 8.42 Å². The van der Waals surface area contributed by atoms with E-state index in [1.54, 1.807) is 18.2 Å². The molecule has 0 radical (unpaired) electrons. The second-order valence-corrected chi connectivity index (χ2v) is 9.66. The van der Waals surface area contributed by atoms with E-state index < -0.39 is 9.84 Å². The van der Waals surface area contributed by atoms with E-state index in [0.29, 0.717) is 11.4 Å². The van der Waals surface area contributed by atoms with Gasteiger partial charge in [0.15, 0.2) is 9.84 Å². The molecular formula is C25H24N2O2S. The van der Waals surface area contributed by atoms with Gasteiger partial charge in [0.05, 0.1) is 22.8 Å². The molecule has 4 nitrogen and oxygen atoms in total. The van der Waals surface area contributed by atoms with Crippen LogP contribution in [0.1, 0.15) is 16.8 Å². The number of sulfone groups is 1. The highest BCUT2D eigenvalue weighted by atomic mass is 32.2. The van der Waals surface area contributed by atoms with Crippen molar-refractivity contribution in [1.82, 2.24) is 9.78 Å². The van der Waals surface area contributed by atoms with Gasteiger partial charge in [-0.3, -0.25) is 4.68 Å². The summed E-state index contributed by atoms with van der Waals surface area (Å²) in [5.74, 6) is 0. The molecular weight excluding hydrogens is 392 g/mol. The number of benzene rings is 3. The van der Waals surface area contributed by atoms with Crippen LogP contribution in [0.15, 0.2) is 83.8 Å². The van der Waals surface area contributed by atoms with Crippen molar-refractivity contribution in [1.29, 1.82) is 0 Å². The van der Waals surface area contributed by atoms with Gasteiger partial charge >= 0.3 is 0 Å². The quantitative estimate of drug-likeness (QED) is 0.444. The fourth-order valence-corrected chi connectivity index (χ4v) is 4.34. The Morgan fingerprint density at radius 1 is 0.833 bits per heavy atom. The molecule has 0 amide bonds. The van der Waals surface area contributed by atoms with Crippen LogP contribution in [0, 0.1) is 13.8 Å². The molecule has 30 heavy (non-hydrogen) atoms. The number of hydrogen-bond donors (Lipinski definition) is 0. The predicted octanol–water partition coefficient (Wildman–Crippen LogP) is 5.29. The Morgan fingerprint density at radius 3 is 2.27 bits per heavy atom. The maximum atomic E-state index is 11.9. The van der Waals surface area contributed by atoms with Crippen LogP contribution in [0.2, 0.25) is 0 Å². The average Bonchev–Trinajstić information content (AvgIpc) is 3.08. The molecule has 4 rings (SSSR count). The van der Waals surface area contributed by atoms with Crippen LogP contribution >= 0.6 is 0 Å². The van der Waals surface area contributed by atoms with Gasteiger partial charge < -0.3 is 0 Å². The highest BCUT2D eigenvalue weighted by molar-refractivity contribution is 7.90.